The van der Waals surface area contributed by atoms with E-state index in [0.717, 1.165) is 5.56 Å². The highest BCUT2D eigenvalue weighted by Crippen LogP contribution is 2.20. The number of methoxy groups -OCH3 is 1. The van der Waals surface area contributed by atoms with Crippen LogP contribution in [0.5, 0.6) is 0 Å². The molecule has 2 aromatic rings. The van der Waals surface area contributed by atoms with Gasteiger partial charge in [0.15, 0.2) is 6.04 Å². The lowest BCUT2D eigenvalue weighted by Crippen LogP contribution is -2.25. The Kier molecular flexibility index (Phi) is 6.55. The van der Waals surface area contributed by atoms with Crippen LogP contribution in [0.3, 0.4) is 0 Å². The van der Waals surface area contributed by atoms with Gasteiger partial charge in [-0.15, -0.1) is 0 Å². The third-order valence-electron chi connectivity index (χ3n) is 3.31. The van der Waals surface area contributed by atoms with Crippen LogP contribution in [0, 0.1) is 0 Å². The van der Waals surface area contributed by atoms with E-state index < -0.39 is 18.0 Å². The van der Waals surface area contributed by atoms with Gasteiger partial charge in [-0.3, -0.25) is 4.99 Å². The maximum absolute atomic E-state index is 11.8. The minimum atomic E-state index is -1.24. The molecule has 0 aliphatic carbocycles. The van der Waals surface area contributed by atoms with Crippen LogP contribution in [0.1, 0.15) is 11.3 Å². The first kappa shape index (κ1) is 19.0. The fourth-order valence-electron chi connectivity index (χ4n) is 2.24. The smallest absolute Gasteiger partial charge is 0.346 e. The van der Waals surface area contributed by atoms with E-state index >= 15 is 0 Å². The number of imidazole rings is 1. The lowest BCUT2D eigenvalue weighted by molar-refractivity contribution is -0.142. The molecule has 7 nitrogen and oxygen atoms in total. The fourth-order valence-corrected chi connectivity index (χ4v) is 2.82. The summed E-state index contributed by atoms with van der Waals surface area (Å²) >= 11 is 12.0. The Morgan fingerprint density at radius 1 is 1.36 bits per heavy atom. The van der Waals surface area contributed by atoms with Crippen LogP contribution < -0.4 is 0 Å². The van der Waals surface area contributed by atoms with Crippen LogP contribution in [0.15, 0.2) is 35.7 Å². The number of benzene rings is 1. The number of halogens is 2. The summed E-state index contributed by atoms with van der Waals surface area (Å²) in [7, 11) is 1.22. The van der Waals surface area contributed by atoms with Crippen molar-refractivity contribution in [1.29, 1.82) is 0 Å². The molecule has 0 aliphatic rings. The summed E-state index contributed by atoms with van der Waals surface area (Å²) in [4.78, 5) is 30.3. The highest BCUT2D eigenvalue weighted by Gasteiger charge is 2.20. The van der Waals surface area contributed by atoms with Crippen LogP contribution in [0.4, 0.5) is 0 Å². The van der Waals surface area contributed by atoms with Gasteiger partial charge in [0.25, 0.3) is 0 Å². The zero-order valence-electron chi connectivity index (χ0n) is 13.2. The molecule has 1 N–H and O–H groups in total. The van der Waals surface area contributed by atoms with Crippen molar-refractivity contribution in [3.05, 3.63) is 52.0 Å². The van der Waals surface area contributed by atoms with Gasteiger partial charge < -0.3 is 14.4 Å². The van der Waals surface area contributed by atoms with E-state index in [1.807, 2.05) is 0 Å². The molecule has 132 valence electrons. The van der Waals surface area contributed by atoms with Crippen LogP contribution in [0.2, 0.25) is 10.0 Å². The second-order valence-corrected chi connectivity index (χ2v) is 6.02. The predicted molar refractivity (Wildman–Crippen MR) is 93.4 cm³/mol. The number of aliphatic carboxylic acids is 1. The first-order chi connectivity index (χ1) is 11.9. The number of rotatable bonds is 7. The number of ether oxygens (including phenoxy) is 1. The zero-order chi connectivity index (χ0) is 18.4. The van der Waals surface area contributed by atoms with Gasteiger partial charge in [0.05, 0.1) is 13.4 Å². The number of aromatic nitrogens is 2. The molecule has 9 heteroatoms. The van der Waals surface area contributed by atoms with Gasteiger partial charge in [-0.1, -0.05) is 23.2 Å². The summed E-state index contributed by atoms with van der Waals surface area (Å²) in [5, 5.41) is 9.73. The summed E-state index contributed by atoms with van der Waals surface area (Å²) < 4.78 is 6.47. The second kappa shape index (κ2) is 8.64. The molecule has 1 aromatic heterocycles. The molecule has 0 spiro atoms. The van der Waals surface area contributed by atoms with Crippen LogP contribution in [0.25, 0.3) is 0 Å². The Labute approximate surface area is 153 Å². The molecule has 0 bridgehead atoms. The van der Waals surface area contributed by atoms with Gasteiger partial charge in [0, 0.05) is 34.9 Å². The molecule has 25 heavy (non-hydrogen) atoms. The topological polar surface area (TPSA) is 93.8 Å². The van der Waals surface area contributed by atoms with E-state index in [1.54, 1.807) is 35.3 Å². The summed E-state index contributed by atoms with van der Waals surface area (Å²) in [6.45, 7) is 0.437. The summed E-state index contributed by atoms with van der Waals surface area (Å²) in [6, 6.07) is 4.21. The highest BCUT2D eigenvalue weighted by atomic mass is 35.5. The highest BCUT2D eigenvalue weighted by molar-refractivity contribution is 6.34. The monoisotopic (exact) mass is 383 g/mol. The van der Waals surface area contributed by atoms with Gasteiger partial charge >= 0.3 is 11.9 Å². The maximum atomic E-state index is 11.8. The lowest BCUT2D eigenvalue weighted by atomic mass is 10.1. The molecule has 0 radical (unpaired) electrons. The van der Waals surface area contributed by atoms with E-state index in [2.05, 4.69) is 14.7 Å². The Bertz CT molecular complexity index is 784. The van der Waals surface area contributed by atoms with Crippen molar-refractivity contribution in [3.8, 4) is 0 Å². The van der Waals surface area contributed by atoms with Crippen molar-refractivity contribution in [2.45, 2.75) is 19.0 Å². The number of hydrogen-bond donors (Lipinski definition) is 1. The molecule has 1 atom stereocenters. The first-order valence-corrected chi connectivity index (χ1v) is 7.92. The average molecular weight is 384 g/mol. The molecule has 0 unspecified atom stereocenters. The van der Waals surface area contributed by atoms with Gasteiger partial charge in [-0.2, -0.15) is 0 Å². The van der Waals surface area contributed by atoms with Gasteiger partial charge in [-0.25, -0.2) is 14.6 Å². The number of carboxylic acid groups (broad SMARTS) is 1. The molecular formula is C16H15Cl2N3O4. The third-order valence-corrected chi connectivity index (χ3v) is 3.75. The summed E-state index contributed by atoms with van der Waals surface area (Å²) in [5.74, 6) is -1.87. The SMILES string of the molecule is COC(=O)[C@H](Cc1cncn1Cc1cc(Cl)cc(Cl)c1)/N=C/C(=O)O. The van der Waals surface area contributed by atoms with Gasteiger partial charge in [-0.05, 0) is 23.8 Å². The average Bonchev–Trinajstić information content (AvgIpc) is 2.96. The van der Waals surface area contributed by atoms with Crippen molar-refractivity contribution in [3.63, 3.8) is 0 Å². The quantitative estimate of drug-likeness (QED) is 0.585. The largest absolute Gasteiger partial charge is 0.477 e. The Balaban J connectivity index is 2.21. The number of hydrogen-bond acceptors (Lipinski definition) is 5. The minimum Gasteiger partial charge on any atom is -0.477 e. The summed E-state index contributed by atoms with van der Waals surface area (Å²) in [6.07, 6.45) is 4.00. The number of aliphatic imine (C=N–C) groups is 1. The zero-order valence-corrected chi connectivity index (χ0v) is 14.7. The van der Waals surface area contributed by atoms with Crippen molar-refractivity contribution in [2.24, 2.45) is 4.99 Å². The van der Waals surface area contributed by atoms with E-state index in [-0.39, 0.29) is 6.42 Å². The summed E-state index contributed by atoms with van der Waals surface area (Å²) in [5.41, 5.74) is 1.55. The van der Waals surface area contributed by atoms with Crippen LogP contribution in [-0.2, 0) is 27.3 Å². The van der Waals surface area contributed by atoms with Gasteiger partial charge in [0.1, 0.15) is 6.21 Å². The van der Waals surface area contributed by atoms with Crippen molar-refractivity contribution >= 4 is 41.4 Å². The van der Waals surface area contributed by atoms with Crippen molar-refractivity contribution < 1.29 is 19.4 Å². The van der Waals surface area contributed by atoms with E-state index in [0.29, 0.717) is 28.5 Å². The Morgan fingerprint density at radius 2 is 2.04 bits per heavy atom. The Morgan fingerprint density at radius 3 is 2.64 bits per heavy atom. The number of carbonyl (C=O) groups is 2. The maximum Gasteiger partial charge on any atom is 0.346 e. The fraction of sp³-hybridized carbons (Fsp3) is 0.250. The number of nitrogens with zero attached hydrogens (tertiary/aromatic N) is 3. The van der Waals surface area contributed by atoms with Crippen LogP contribution >= 0.6 is 23.2 Å². The standard InChI is InChI=1S/C16H15Cl2N3O4/c1-25-16(24)14(20-7-15(22)23)5-13-6-19-9-21(13)8-10-2-11(17)4-12(18)3-10/h2-4,6-7,9,14H,5,8H2,1H3,(H,22,23)/b20-7+/t14-/m0/s1. The molecular weight excluding hydrogens is 369 g/mol. The predicted octanol–water partition coefficient (Wildman–Crippen LogP) is 2.48. The number of esters is 1. The van der Waals surface area contributed by atoms with Crippen molar-refractivity contribution in [1.82, 2.24) is 9.55 Å². The lowest BCUT2D eigenvalue weighted by Gasteiger charge is -2.13. The molecule has 0 amide bonds. The van der Waals surface area contributed by atoms with E-state index in [4.69, 9.17) is 28.3 Å². The second-order valence-electron chi connectivity index (χ2n) is 5.15. The molecule has 1 aromatic carbocycles. The number of carboxylic acids is 1. The molecule has 2 rings (SSSR count). The van der Waals surface area contributed by atoms with Crippen LogP contribution in [-0.4, -0.2) is 46.0 Å². The van der Waals surface area contributed by atoms with Gasteiger partial charge in [0.2, 0.25) is 0 Å². The van der Waals surface area contributed by atoms with Crippen molar-refractivity contribution in [2.75, 3.05) is 7.11 Å². The normalized spacial score (nSPS) is 12.3. The number of carbonyl (C=O) groups excluding carboxylic acids is 1. The molecule has 0 fully saturated rings. The molecule has 1 heterocycles. The third kappa shape index (κ3) is 5.58. The minimum absolute atomic E-state index is 0.144. The molecule has 0 saturated carbocycles. The molecule has 0 aliphatic heterocycles. The van der Waals surface area contributed by atoms with E-state index in [9.17, 15) is 9.59 Å². The first-order valence-electron chi connectivity index (χ1n) is 7.17. The Hall–Kier alpha value is -2.38. The molecule has 0 saturated heterocycles. The van der Waals surface area contributed by atoms with E-state index in [1.165, 1.54) is 7.11 Å².